The maximum atomic E-state index is 12.2. The maximum absolute atomic E-state index is 12.2. The molecule has 1 fully saturated rings. The molecule has 2 rings (SSSR count). The van der Waals surface area contributed by atoms with Gasteiger partial charge in [0.2, 0.25) is 0 Å². The van der Waals surface area contributed by atoms with E-state index in [1.165, 1.54) is 0 Å². The fourth-order valence-corrected chi connectivity index (χ4v) is 2.72. The third-order valence-corrected chi connectivity index (χ3v) is 3.83. The molecule has 0 bridgehead atoms. The number of rotatable bonds is 3. The highest BCUT2D eigenvalue weighted by atomic mass is 16.4. The zero-order valence-electron chi connectivity index (χ0n) is 11.1. The first-order chi connectivity index (χ1) is 9.09. The molecule has 2 unspecified atom stereocenters. The van der Waals surface area contributed by atoms with Crippen LogP contribution in [-0.2, 0) is 11.8 Å². The topological polar surface area (TPSA) is 71.3 Å². The summed E-state index contributed by atoms with van der Waals surface area (Å²) >= 11 is 0. The lowest BCUT2D eigenvalue weighted by Gasteiger charge is -2.22. The van der Waals surface area contributed by atoms with Crippen molar-refractivity contribution in [2.75, 3.05) is 0 Å². The van der Waals surface area contributed by atoms with E-state index in [0.717, 1.165) is 25.7 Å². The van der Waals surface area contributed by atoms with Crippen molar-refractivity contribution in [3.63, 3.8) is 0 Å². The minimum absolute atomic E-state index is 0.189. The highest BCUT2D eigenvalue weighted by Gasteiger charge is 2.31. The van der Waals surface area contributed by atoms with Crippen molar-refractivity contribution in [1.82, 2.24) is 9.88 Å². The van der Waals surface area contributed by atoms with Crippen LogP contribution in [0.3, 0.4) is 0 Å². The van der Waals surface area contributed by atoms with Crippen LogP contribution in [0.15, 0.2) is 18.3 Å². The predicted molar refractivity (Wildman–Crippen MR) is 70.9 cm³/mol. The molecule has 0 saturated heterocycles. The van der Waals surface area contributed by atoms with E-state index in [-0.39, 0.29) is 11.9 Å². The molecule has 0 aliphatic heterocycles. The van der Waals surface area contributed by atoms with E-state index in [1.807, 2.05) is 0 Å². The van der Waals surface area contributed by atoms with E-state index >= 15 is 0 Å². The lowest BCUT2D eigenvalue weighted by atomic mass is 9.95. The van der Waals surface area contributed by atoms with Crippen LogP contribution in [0.4, 0.5) is 0 Å². The summed E-state index contributed by atoms with van der Waals surface area (Å²) in [5, 5.41) is 12.2. The standard InChI is InChI=1S/C14H20N2O3/c1-16-9-5-8-12(16)13(17)15-11-7-4-2-3-6-10(11)14(18)19/h5,8-11H,2-4,6-7H2,1H3,(H,15,17)(H,18,19). The third-order valence-electron chi connectivity index (χ3n) is 3.83. The Morgan fingerprint density at radius 1 is 1.32 bits per heavy atom. The third kappa shape index (κ3) is 3.16. The Labute approximate surface area is 112 Å². The van der Waals surface area contributed by atoms with Crippen molar-refractivity contribution in [1.29, 1.82) is 0 Å². The Balaban J connectivity index is 2.08. The van der Waals surface area contributed by atoms with Gasteiger partial charge in [0.15, 0.2) is 0 Å². The summed E-state index contributed by atoms with van der Waals surface area (Å²) in [5.74, 6) is -1.46. The van der Waals surface area contributed by atoms with Crippen molar-refractivity contribution < 1.29 is 14.7 Å². The molecule has 2 N–H and O–H groups in total. The number of nitrogens with zero attached hydrogens (tertiary/aromatic N) is 1. The summed E-state index contributed by atoms with van der Waals surface area (Å²) in [6.45, 7) is 0. The van der Waals surface area contributed by atoms with Crippen LogP contribution < -0.4 is 5.32 Å². The average molecular weight is 264 g/mol. The minimum Gasteiger partial charge on any atom is -0.481 e. The summed E-state index contributed by atoms with van der Waals surface area (Å²) in [5.41, 5.74) is 0.563. The van der Waals surface area contributed by atoms with Crippen LogP contribution in [-0.4, -0.2) is 27.6 Å². The lowest BCUT2D eigenvalue weighted by molar-refractivity contribution is -0.142. The van der Waals surface area contributed by atoms with E-state index in [1.54, 1.807) is 29.9 Å². The van der Waals surface area contributed by atoms with Crippen molar-refractivity contribution in [3.05, 3.63) is 24.0 Å². The molecule has 1 saturated carbocycles. The van der Waals surface area contributed by atoms with Crippen LogP contribution in [0.5, 0.6) is 0 Å². The van der Waals surface area contributed by atoms with Gasteiger partial charge in [0, 0.05) is 19.3 Å². The number of hydrogen-bond donors (Lipinski definition) is 2. The Kier molecular flexibility index (Phi) is 4.24. The molecular weight excluding hydrogens is 244 g/mol. The lowest BCUT2D eigenvalue weighted by Crippen LogP contribution is -2.43. The normalized spacial score (nSPS) is 23.6. The molecular formula is C14H20N2O3. The van der Waals surface area contributed by atoms with Crippen LogP contribution in [0.25, 0.3) is 0 Å². The molecule has 1 aromatic rings. The summed E-state index contributed by atoms with van der Waals surface area (Å²) in [6, 6.07) is 3.28. The number of amides is 1. The fourth-order valence-electron chi connectivity index (χ4n) is 2.72. The van der Waals surface area contributed by atoms with Crippen LogP contribution in [0.1, 0.15) is 42.6 Å². The molecule has 5 heteroatoms. The smallest absolute Gasteiger partial charge is 0.308 e. The average Bonchev–Trinajstić information content (AvgIpc) is 2.65. The molecule has 0 radical (unpaired) electrons. The minimum atomic E-state index is -0.806. The van der Waals surface area contributed by atoms with Crippen molar-refractivity contribution in [2.24, 2.45) is 13.0 Å². The molecule has 104 valence electrons. The van der Waals surface area contributed by atoms with Gasteiger partial charge < -0.3 is 15.0 Å². The predicted octanol–water partition coefficient (Wildman–Crippen LogP) is 1.79. The van der Waals surface area contributed by atoms with Crippen LogP contribution in [0, 0.1) is 5.92 Å². The Morgan fingerprint density at radius 2 is 2.05 bits per heavy atom. The van der Waals surface area contributed by atoms with E-state index in [2.05, 4.69) is 5.32 Å². The van der Waals surface area contributed by atoms with Crippen LogP contribution >= 0.6 is 0 Å². The summed E-state index contributed by atoms with van der Waals surface area (Å²) in [7, 11) is 1.80. The highest BCUT2D eigenvalue weighted by molar-refractivity contribution is 5.93. The van der Waals surface area contributed by atoms with Gasteiger partial charge in [-0.15, -0.1) is 0 Å². The number of carboxylic acids is 1. The number of hydrogen-bond acceptors (Lipinski definition) is 2. The van der Waals surface area contributed by atoms with Gasteiger partial charge in [-0.25, -0.2) is 0 Å². The van der Waals surface area contributed by atoms with Crippen molar-refractivity contribution in [2.45, 2.75) is 38.1 Å². The van der Waals surface area contributed by atoms with Gasteiger partial charge in [-0.05, 0) is 25.0 Å². The number of nitrogens with one attached hydrogen (secondary N) is 1. The van der Waals surface area contributed by atoms with Gasteiger partial charge >= 0.3 is 5.97 Å². The molecule has 1 aliphatic rings. The van der Waals surface area contributed by atoms with Gasteiger partial charge in [0.1, 0.15) is 5.69 Å². The first-order valence-corrected chi connectivity index (χ1v) is 6.74. The Morgan fingerprint density at radius 3 is 2.68 bits per heavy atom. The first-order valence-electron chi connectivity index (χ1n) is 6.74. The van der Waals surface area contributed by atoms with Gasteiger partial charge in [0.05, 0.1) is 5.92 Å². The highest BCUT2D eigenvalue weighted by Crippen LogP contribution is 2.24. The molecule has 5 nitrogen and oxygen atoms in total. The number of aryl methyl sites for hydroxylation is 1. The summed E-state index contributed by atoms with van der Waals surface area (Å²) in [6.07, 6.45) is 6.13. The SMILES string of the molecule is Cn1cccc1C(=O)NC1CCCCCC1C(=O)O. The molecule has 1 heterocycles. The van der Waals surface area contributed by atoms with E-state index in [9.17, 15) is 14.7 Å². The van der Waals surface area contributed by atoms with E-state index < -0.39 is 11.9 Å². The van der Waals surface area contributed by atoms with Gasteiger partial charge in [0.25, 0.3) is 5.91 Å². The molecule has 1 aromatic heterocycles. The molecule has 0 aromatic carbocycles. The quantitative estimate of drug-likeness (QED) is 0.818. The number of carbonyl (C=O) groups excluding carboxylic acids is 1. The Hall–Kier alpha value is -1.78. The van der Waals surface area contributed by atoms with Gasteiger partial charge in [-0.2, -0.15) is 0 Å². The fraction of sp³-hybridized carbons (Fsp3) is 0.571. The second-order valence-electron chi connectivity index (χ2n) is 5.17. The largest absolute Gasteiger partial charge is 0.481 e. The van der Waals surface area contributed by atoms with Crippen molar-refractivity contribution in [3.8, 4) is 0 Å². The molecule has 1 amide bonds. The number of aliphatic carboxylic acids is 1. The summed E-state index contributed by atoms with van der Waals surface area (Å²) in [4.78, 5) is 23.4. The van der Waals surface area contributed by atoms with E-state index in [4.69, 9.17) is 0 Å². The molecule has 19 heavy (non-hydrogen) atoms. The van der Waals surface area contributed by atoms with Crippen molar-refractivity contribution >= 4 is 11.9 Å². The van der Waals surface area contributed by atoms with Gasteiger partial charge in [-0.3, -0.25) is 9.59 Å². The number of carboxylic acid groups (broad SMARTS) is 1. The number of aromatic nitrogens is 1. The molecule has 1 aliphatic carbocycles. The monoisotopic (exact) mass is 264 g/mol. The second-order valence-corrected chi connectivity index (χ2v) is 5.17. The first kappa shape index (κ1) is 13.6. The molecule has 0 spiro atoms. The zero-order chi connectivity index (χ0) is 13.8. The summed E-state index contributed by atoms with van der Waals surface area (Å²) < 4.78 is 1.74. The maximum Gasteiger partial charge on any atom is 0.308 e. The van der Waals surface area contributed by atoms with Gasteiger partial charge in [-0.1, -0.05) is 19.3 Å². The molecule has 2 atom stereocenters. The zero-order valence-corrected chi connectivity index (χ0v) is 11.1. The second kappa shape index (κ2) is 5.91. The van der Waals surface area contributed by atoms with Crippen LogP contribution in [0.2, 0.25) is 0 Å². The van der Waals surface area contributed by atoms with E-state index in [0.29, 0.717) is 12.1 Å². The Bertz CT molecular complexity index is 467. The number of carbonyl (C=O) groups is 2.